The van der Waals surface area contributed by atoms with Crippen LogP contribution < -0.4 is 0 Å². The van der Waals surface area contributed by atoms with Crippen LogP contribution in [0.1, 0.15) is 91.1 Å². The van der Waals surface area contributed by atoms with Crippen LogP contribution >= 0.6 is 27.5 Å². The predicted molar refractivity (Wildman–Crippen MR) is 150 cm³/mol. The first-order chi connectivity index (χ1) is 17.0. The van der Waals surface area contributed by atoms with E-state index >= 15 is 0 Å². The standard InChI is InChI=1S/C26H40BrClN4O4Si/c1-24(2,3)22(33)36-18(21-30-23(27)31-32(21)19-13-9-10-15-35-19)16-26(34,37(7,8)25(4,5)6)20-17(28)12-11-14-29-20/h11-12,14,18-19,34H,9-10,13,15-16H2,1-8H3. The van der Waals surface area contributed by atoms with E-state index in [0.29, 0.717) is 27.9 Å². The minimum atomic E-state index is -2.66. The number of halogens is 2. The molecule has 2 aromatic rings. The van der Waals surface area contributed by atoms with Crippen LogP contribution in [0.2, 0.25) is 23.2 Å². The van der Waals surface area contributed by atoms with Gasteiger partial charge in [-0.15, -0.1) is 5.10 Å². The van der Waals surface area contributed by atoms with Gasteiger partial charge in [-0.1, -0.05) is 45.5 Å². The molecule has 37 heavy (non-hydrogen) atoms. The van der Waals surface area contributed by atoms with Crippen molar-refractivity contribution in [3.63, 3.8) is 0 Å². The monoisotopic (exact) mass is 614 g/mol. The SMILES string of the molecule is CC(C)(C)C(=O)OC(CC(O)(c1ncccc1Cl)[Si](C)(C)C(C)(C)C)c1nc(Br)nn1C1CCCCO1. The van der Waals surface area contributed by atoms with E-state index < -0.39 is 30.8 Å². The Hall–Kier alpha value is -1.33. The molecule has 8 nitrogen and oxygen atoms in total. The van der Waals surface area contributed by atoms with Crippen LogP contribution in [0.15, 0.2) is 23.1 Å². The highest BCUT2D eigenvalue weighted by Gasteiger charge is 2.57. The van der Waals surface area contributed by atoms with Gasteiger partial charge in [-0.3, -0.25) is 9.78 Å². The number of hydrogen-bond acceptors (Lipinski definition) is 7. The summed E-state index contributed by atoms with van der Waals surface area (Å²) in [5.74, 6) is 0.0120. The van der Waals surface area contributed by atoms with E-state index in [1.54, 1.807) is 43.8 Å². The zero-order chi connectivity index (χ0) is 27.8. The summed E-state index contributed by atoms with van der Waals surface area (Å²) in [6.45, 7) is 16.6. The van der Waals surface area contributed by atoms with E-state index in [0.717, 1.165) is 19.3 Å². The second kappa shape index (κ2) is 11.0. The highest BCUT2D eigenvalue weighted by Crippen LogP contribution is 2.52. The molecule has 3 heterocycles. The molecule has 3 rings (SSSR count). The lowest BCUT2D eigenvalue weighted by Gasteiger charge is -2.50. The summed E-state index contributed by atoms with van der Waals surface area (Å²) >= 11 is 10.1. The van der Waals surface area contributed by atoms with Crippen LogP contribution in [0.25, 0.3) is 0 Å². The zero-order valence-electron chi connectivity index (χ0n) is 23.1. The molecule has 1 fully saturated rings. The quantitative estimate of drug-likeness (QED) is 0.272. The van der Waals surface area contributed by atoms with E-state index in [-0.39, 0.29) is 17.7 Å². The molecular weight excluding hydrogens is 576 g/mol. The van der Waals surface area contributed by atoms with Crippen molar-refractivity contribution in [3.8, 4) is 0 Å². The molecule has 0 aliphatic carbocycles. The van der Waals surface area contributed by atoms with E-state index in [9.17, 15) is 9.90 Å². The third kappa shape index (κ3) is 6.29. The molecule has 206 valence electrons. The number of carbonyl (C=O) groups is 1. The minimum absolute atomic E-state index is 0.0277. The lowest BCUT2D eigenvalue weighted by Crippen LogP contribution is -2.59. The summed E-state index contributed by atoms with van der Waals surface area (Å²) in [5.41, 5.74) is -0.376. The molecule has 1 aliphatic rings. The second-order valence-electron chi connectivity index (χ2n) is 12.4. The number of aromatic nitrogens is 4. The molecule has 0 aromatic carbocycles. The smallest absolute Gasteiger partial charge is 0.311 e. The van der Waals surface area contributed by atoms with Gasteiger partial charge in [0.25, 0.3) is 0 Å². The molecule has 11 heteroatoms. The summed E-state index contributed by atoms with van der Waals surface area (Å²) in [4.78, 5) is 22.4. The van der Waals surface area contributed by atoms with Crippen molar-refractivity contribution in [2.45, 2.75) is 103 Å². The molecule has 0 saturated carbocycles. The molecule has 2 aromatic heterocycles. The minimum Gasteiger partial charge on any atom is -0.454 e. The Morgan fingerprint density at radius 3 is 2.51 bits per heavy atom. The number of carbonyl (C=O) groups excluding carboxylic acids is 1. The first-order valence-corrected chi connectivity index (χ1v) is 16.9. The molecule has 1 N–H and O–H groups in total. The molecule has 0 bridgehead atoms. The fraction of sp³-hybridized carbons (Fsp3) is 0.692. The summed E-state index contributed by atoms with van der Waals surface area (Å²) in [6, 6.07) is 3.47. The Morgan fingerprint density at radius 1 is 1.30 bits per heavy atom. The Morgan fingerprint density at radius 2 is 1.97 bits per heavy atom. The topological polar surface area (TPSA) is 99.4 Å². The number of pyridine rings is 1. The van der Waals surface area contributed by atoms with E-state index in [4.69, 9.17) is 21.1 Å². The average Bonchev–Trinajstić information content (AvgIpc) is 3.19. The van der Waals surface area contributed by atoms with Gasteiger partial charge >= 0.3 is 5.97 Å². The van der Waals surface area contributed by atoms with E-state index in [2.05, 4.69) is 64.9 Å². The molecule has 0 radical (unpaired) electrons. The maximum atomic E-state index is 13.2. The van der Waals surface area contributed by atoms with Crippen LogP contribution in [0.5, 0.6) is 0 Å². The summed E-state index contributed by atoms with van der Waals surface area (Å²) < 4.78 is 14.2. The number of ether oxygens (including phenoxy) is 2. The average molecular weight is 616 g/mol. The van der Waals surface area contributed by atoms with Crippen LogP contribution in [0.3, 0.4) is 0 Å². The van der Waals surface area contributed by atoms with Gasteiger partial charge in [0.1, 0.15) is 5.22 Å². The molecule has 0 amide bonds. The van der Waals surface area contributed by atoms with Gasteiger partial charge in [0.05, 0.1) is 24.2 Å². The van der Waals surface area contributed by atoms with Crippen molar-refractivity contribution in [2.24, 2.45) is 5.41 Å². The second-order valence-corrected chi connectivity index (χ2v) is 19.1. The molecule has 3 atom stereocenters. The molecular formula is C26H40BrClN4O4Si. The Bertz CT molecular complexity index is 1110. The largest absolute Gasteiger partial charge is 0.454 e. The van der Waals surface area contributed by atoms with Gasteiger partial charge in [0, 0.05) is 19.2 Å². The number of rotatable bonds is 7. The third-order valence-corrected chi connectivity index (χ3v) is 14.6. The highest BCUT2D eigenvalue weighted by molar-refractivity contribution is 9.10. The number of hydrogen-bond donors (Lipinski definition) is 1. The normalized spacial score (nSPS) is 19.8. The number of aliphatic hydroxyl groups is 1. The van der Waals surface area contributed by atoms with Gasteiger partial charge in [-0.25, -0.2) is 9.67 Å². The fourth-order valence-electron chi connectivity index (χ4n) is 4.37. The first kappa shape index (κ1) is 30.2. The van der Waals surface area contributed by atoms with Gasteiger partial charge in [0.2, 0.25) is 4.73 Å². The predicted octanol–water partition coefficient (Wildman–Crippen LogP) is 6.74. The van der Waals surface area contributed by atoms with Gasteiger partial charge < -0.3 is 14.6 Å². The van der Waals surface area contributed by atoms with Crippen molar-refractivity contribution in [2.75, 3.05) is 6.61 Å². The Balaban J connectivity index is 2.20. The summed E-state index contributed by atoms with van der Waals surface area (Å²) in [6.07, 6.45) is 3.14. The lowest BCUT2D eigenvalue weighted by molar-refractivity contribution is -0.162. The highest BCUT2D eigenvalue weighted by atomic mass is 79.9. The van der Waals surface area contributed by atoms with E-state index in [1.807, 2.05) is 0 Å². The van der Waals surface area contributed by atoms with Crippen molar-refractivity contribution in [1.82, 2.24) is 19.7 Å². The van der Waals surface area contributed by atoms with Crippen molar-refractivity contribution in [1.29, 1.82) is 0 Å². The maximum absolute atomic E-state index is 13.2. The molecule has 1 saturated heterocycles. The molecule has 3 unspecified atom stereocenters. The molecule has 1 aliphatic heterocycles. The summed E-state index contributed by atoms with van der Waals surface area (Å²) in [5, 5.41) is 15.9. The van der Waals surface area contributed by atoms with Crippen LogP contribution in [0, 0.1) is 5.41 Å². The Labute approximate surface area is 234 Å². The van der Waals surface area contributed by atoms with Crippen molar-refractivity contribution >= 4 is 41.6 Å². The van der Waals surface area contributed by atoms with Crippen LogP contribution in [-0.2, 0) is 19.5 Å². The van der Waals surface area contributed by atoms with Gasteiger partial charge in [0.15, 0.2) is 18.2 Å². The maximum Gasteiger partial charge on any atom is 0.311 e. The van der Waals surface area contributed by atoms with Crippen LogP contribution in [0.4, 0.5) is 0 Å². The van der Waals surface area contributed by atoms with Crippen molar-refractivity contribution < 1.29 is 19.4 Å². The van der Waals surface area contributed by atoms with Gasteiger partial charge in [-0.05, 0) is 73.1 Å². The lowest BCUT2D eigenvalue weighted by atomic mass is 9.97. The van der Waals surface area contributed by atoms with Crippen molar-refractivity contribution in [3.05, 3.63) is 39.6 Å². The van der Waals surface area contributed by atoms with Gasteiger partial charge in [-0.2, -0.15) is 0 Å². The fourth-order valence-corrected chi connectivity index (χ4v) is 7.81. The number of nitrogens with zero attached hydrogens (tertiary/aromatic N) is 4. The summed E-state index contributed by atoms with van der Waals surface area (Å²) in [7, 11) is -2.66. The third-order valence-electron chi connectivity index (χ3n) is 7.75. The first-order valence-electron chi connectivity index (χ1n) is 12.8. The number of esters is 1. The van der Waals surface area contributed by atoms with E-state index in [1.165, 1.54) is 0 Å². The van der Waals surface area contributed by atoms with Crippen LogP contribution in [-0.4, -0.2) is 45.5 Å². The zero-order valence-corrected chi connectivity index (χ0v) is 26.5. The molecule has 0 spiro atoms. The Kier molecular flexibility index (Phi) is 9.01.